The van der Waals surface area contributed by atoms with E-state index < -0.39 is 0 Å². The lowest BCUT2D eigenvalue weighted by atomic mass is 9.73. The number of thiophene rings is 1. The Hall–Kier alpha value is -1.89. The molecule has 27 heavy (non-hydrogen) atoms. The summed E-state index contributed by atoms with van der Waals surface area (Å²) in [7, 11) is 0. The minimum Gasteiger partial charge on any atom is -0.357 e. The molecule has 0 saturated heterocycles. The molecule has 4 rings (SSSR count). The molecule has 0 aromatic carbocycles. The average Bonchev–Trinajstić information content (AvgIpc) is 3.39. The SMILES string of the molecule is CCNC(=NCC1(c2cccs2)CCCCC1)NC1CCc2ncnn2C1. The van der Waals surface area contributed by atoms with Crippen molar-refractivity contribution < 1.29 is 0 Å². The van der Waals surface area contributed by atoms with Gasteiger partial charge in [-0.25, -0.2) is 9.67 Å². The normalized spacial score (nSPS) is 22.3. The molecule has 0 bridgehead atoms. The summed E-state index contributed by atoms with van der Waals surface area (Å²) in [4.78, 5) is 10.9. The average molecular weight is 387 g/mol. The van der Waals surface area contributed by atoms with E-state index in [0.717, 1.165) is 44.3 Å². The minimum absolute atomic E-state index is 0.223. The zero-order valence-corrected chi connectivity index (χ0v) is 17.0. The van der Waals surface area contributed by atoms with Crippen LogP contribution in [0.2, 0.25) is 0 Å². The van der Waals surface area contributed by atoms with Gasteiger partial charge in [-0.15, -0.1) is 11.3 Å². The van der Waals surface area contributed by atoms with Crippen LogP contribution in [0.1, 0.15) is 56.2 Å². The van der Waals surface area contributed by atoms with Crippen molar-refractivity contribution in [2.45, 2.75) is 69.9 Å². The number of aryl methyl sites for hydroxylation is 1. The highest BCUT2D eigenvalue weighted by Gasteiger charge is 2.35. The molecular weight excluding hydrogens is 356 g/mol. The Morgan fingerprint density at radius 2 is 2.26 bits per heavy atom. The number of aliphatic imine (C=N–C) groups is 1. The summed E-state index contributed by atoms with van der Waals surface area (Å²) in [6, 6.07) is 4.83. The lowest BCUT2D eigenvalue weighted by Crippen LogP contribution is -2.47. The molecular formula is C20H30N6S. The molecule has 0 spiro atoms. The molecule has 2 aromatic rings. The van der Waals surface area contributed by atoms with Crippen LogP contribution >= 0.6 is 11.3 Å². The lowest BCUT2D eigenvalue weighted by Gasteiger charge is -2.35. The van der Waals surface area contributed by atoms with Crippen molar-refractivity contribution in [2.24, 2.45) is 4.99 Å². The maximum Gasteiger partial charge on any atom is 0.191 e. The Bertz CT molecular complexity index is 744. The van der Waals surface area contributed by atoms with E-state index in [1.54, 1.807) is 6.33 Å². The second-order valence-corrected chi connectivity index (χ2v) is 8.70. The Balaban J connectivity index is 1.47. The first-order valence-electron chi connectivity index (χ1n) is 10.2. The van der Waals surface area contributed by atoms with Crippen LogP contribution in [0.3, 0.4) is 0 Å². The molecule has 146 valence electrons. The zero-order chi connectivity index (χ0) is 18.5. The maximum atomic E-state index is 5.06. The van der Waals surface area contributed by atoms with Gasteiger partial charge >= 0.3 is 0 Å². The van der Waals surface area contributed by atoms with Crippen molar-refractivity contribution in [3.05, 3.63) is 34.5 Å². The molecule has 1 saturated carbocycles. The van der Waals surface area contributed by atoms with E-state index in [1.165, 1.54) is 37.0 Å². The molecule has 3 heterocycles. The van der Waals surface area contributed by atoms with Gasteiger partial charge in [0.05, 0.1) is 13.1 Å². The van der Waals surface area contributed by atoms with Gasteiger partial charge in [0.25, 0.3) is 0 Å². The molecule has 0 radical (unpaired) electrons. The minimum atomic E-state index is 0.223. The first kappa shape index (κ1) is 18.5. The molecule has 2 aromatic heterocycles. The number of nitrogens with one attached hydrogen (secondary N) is 2. The maximum absolute atomic E-state index is 5.06. The van der Waals surface area contributed by atoms with Gasteiger partial charge in [0, 0.05) is 29.3 Å². The molecule has 2 N–H and O–H groups in total. The first-order chi connectivity index (χ1) is 13.3. The molecule has 6 nitrogen and oxygen atoms in total. The van der Waals surface area contributed by atoms with E-state index in [2.05, 4.69) is 45.2 Å². The number of hydrogen-bond donors (Lipinski definition) is 2. The van der Waals surface area contributed by atoms with Gasteiger partial charge in [-0.2, -0.15) is 5.10 Å². The fourth-order valence-electron chi connectivity index (χ4n) is 4.39. The summed E-state index contributed by atoms with van der Waals surface area (Å²) < 4.78 is 2.01. The van der Waals surface area contributed by atoms with E-state index in [9.17, 15) is 0 Å². The van der Waals surface area contributed by atoms with Gasteiger partial charge in [-0.3, -0.25) is 4.99 Å². The van der Waals surface area contributed by atoms with Gasteiger partial charge < -0.3 is 10.6 Å². The van der Waals surface area contributed by atoms with Gasteiger partial charge in [-0.05, 0) is 37.6 Å². The van der Waals surface area contributed by atoms with Crippen LogP contribution in [0, 0.1) is 0 Å². The third kappa shape index (κ3) is 4.18. The van der Waals surface area contributed by atoms with Gasteiger partial charge in [-0.1, -0.05) is 25.3 Å². The highest BCUT2D eigenvalue weighted by molar-refractivity contribution is 7.10. The monoisotopic (exact) mass is 386 g/mol. The quantitative estimate of drug-likeness (QED) is 0.612. The summed E-state index contributed by atoms with van der Waals surface area (Å²) >= 11 is 1.89. The molecule has 1 fully saturated rings. The number of hydrogen-bond acceptors (Lipinski definition) is 4. The predicted molar refractivity (Wildman–Crippen MR) is 110 cm³/mol. The van der Waals surface area contributed by atoms with Gasteiger partial charge in [0.1, 0.15) is 12.2 Å². The molecule has 1 aliphatic heterocycles. The van der Waals surface area contributed by atoms with Crippen molar-refractivity contribution >= 4 is 17.3 Å². The van der Waals surface area contributed by atoms with E-state index in [4.69, 9.17) is 4.99 Å². The van der Waals surface area contributed by atoms with Crippen molar-refractivity contribution in [3.63, 3.8) is 0 Å². The topological polar surface area (TPSA) is 67.1 Å². The van der Waals surface area contributed by atoms with E-state index in [0.29, 0.717) is 6.04 Å². The molecule has 1 atom stereocenters. The van der Waals surface area contributed by atoms with Crippen LogP contribution in [0.5, 0.6) is 0 Å². The van der Waals surface area contributed by atoms with Crippen LogP contribution < -0.4 is 10.6 Å². The third-order valence-corrected chi connectivity index (χ3v) is 7.00. The summed E-state index contributed by atoms with van der Waals surface area (Å²) in [6.45, 7) is 4.72. The predicted octanol–water partition coefficient (Wildman–Crippen LogP) is 3.11. The van der Waals surface area contributed by atoms with Gasteiger partial charge in [0.15, 0.2) is 5.96 Å². The fraction of sp³-hybridized carbons (Fsp3) is 0.650. The number of fused-ring (bicyclic) bond motifs is 1. The smallest absolute Gasteiger partial charge is 0.191 e. The summed E-state index contributed by atoms with van der Waals surface area (Å²) in [6.07, 6.45) is 10.2. The Morgan fingerprint density at radius 3 is 3.04 bits per heavy atom. The number of rotatable bonds is 5. The van der Waals surface area contributed by atoms with Gasteiger partial charge in [0.2, 0.25) is 0 Å². The number of guanidine groups is 1. The molecule has 0 amide bonds. The highest BCUT2D eigenvalue weighted by atomic mass is 32.1. The molecule has 1 aliphatic carbocycles. The fourth-order valence-corrected chi connectivity index (χ4v) is 5.37. The second kappa shape index (κ2) is 8.42. The Labute approximate surface area is 165 Å². The highest BCUT2D eigenvalue weighted by Crippen LogP contribution is 2.41. The van der Waals surface area contributed by atoms with E-state index >= 15 is 0 Å². The van der Waals surface area contributed by atoms with Crippen LogP contribution in [0.4, 0.5) is 0 Å². The number of nitrogens with zero attached hydrogens (tertiary/aromatic N) is 4. The van der Waals surface area contributed by atoms with Crippen LogP contribution in [0.15, 0.2) is 28.8 Å². The third-order valence-electron chi connectivity index (χ3n) is 5.88. The Kier molecular flexibility index (Phi) is 5.76. The van der Waals surface area contributed by atoms with Crippen molar-refractivity contribution in [2.75, 3.05) is 13.1 Å². The van der Waals surface area contributed by atoms with Crippen LogP contribution in [-0.2, 0) is 18.4 Å². The van der Waals surface area contributed by atoms with E-state index in [1.807, 2.05) is 16.0 Å². The second-order valence-electron chi connectivity index (χ2n) is 7.75. The Morgan fingerprint density at radius 1 is 1.37 bits per heavy atom. The molecule has 2 aliphatic rings. The standard InChI is InChI=1S/C20H30N6S/c1-2-21-19(25-16-8-9-18-23-15-24-26(18)13-16)22-14-20(10-4-3-5-11-20)17-7-6-12-27-17/h6-7,12,15-16H,2-5,8-11,13-14H2,1H3,(H2,21,22,25). The summed E-state index contributed by atoms with van der Waals surface area (Å²) in [5.74, 6) is 2.03. The summed E-state index contributed by atoms with van der Waals surface area (Å²) in [5.41, 5.74) is 0.223. The van der Waals surface area contributed by atoms with Crippen LogP contribution in [-0.4, -0.2) is 39.9 Å². The molecule has 1 unspecified atom stereocenters. The number of aromatic nitrogens is 3. The lowest BCUT2D eigenvalue weighted by molar-refractivity contribution is 0.306. The zero-order valence-electron chi connectivity index (χ0n) is 16.2. The van der Waals surface area contributed by atoms with E-state index in [-0.39, 0.29) is 5.41 Å². The largest absolute Gasteiger partial charge is 0.357 e. The van der Waals surface area contributed by atoms with Crippen LogP contribution in [0.25, 0.3) is 0 Å². The molecule has 7 heteroatoms. The first-order valence-corrected chi connectivity index (χ1v) is 11.1. The summed E-state index contributed by atoms with van der Waals surface area (Å²) in [5, 5.41) is 13.6. The van der Waals surface area contributed by atoms with Crippen molar-refractivity contribution in [1.29, 1.82) is 0 Å². The van der Waals surface area contributed by atoms with Crippen molar-refractivity contribution in [1.82, 2.24) is 25.4 Å². The van der Waals surface area contributed by atoms with Crippen molar-refractivity contribution in [3.8, 4) is 0 Å².